The zero-order chi connectivity index (χ0) is 14.0. The van der Waals surface area contributed by atoms with Crippen LogP contribution in [0.2, 0.25) is 0 Å². The molecule has 0 atom stereocenters. The molecule has 0 unspecified atom stereocenters. The second-order valence-electron chi connectivity index (χ2n) is 5.24. The van der Waals surface area contributed by atoms with Crippen molar-refractivity contribution in [2.45, 2.75) is 7.43 Å². The van der Waals surface area contributed by atoms with Gasteiger partial charge < -0.3 is 9.55 Å². The molecule has 1 aromatic carbocycles. The lowest BCUT2D eigenvalue weighted by atomic mass is 10.1. The monoisotopic (exact) mass is 289 g/mol. The van der Waals surface area contributed by atoms with Gasteiger partial charge in [0.05, 0.1) is 33.8 Å². The van der Waals surface area contributed by atoms with Gasteiger partial charge in [0.1, 0.15) is 6.33 Å². The molecule has 5 nitrogen and oxygen atoms in total. The van der Waals surface area contributed by atoms with Crippen LogP contribution in [-0.4, -0.2) is 24.5 Å². The molecule has 22 heavy (non-hydrogen) atoms. The first-order valence-corrected chi connectivity index (χ1v) is 6.77. The molecule has 0 aliphatic heterocycles. The van der Waals surface area contributed by atoms with Crippen LogP contribution >= 0.6 is 0 Å². The number of hydrogen-bond donors (Lipinski definition) is 1. The summed E-state index contributed by atoms with van der Waals surface area (Å²) in [7, 11) is 2.08. The molecule has 1 N–H and O–H groups in total. The summed E-state index contributed by atoms with van der Waals surface area (Å²) in [6.45, 7) is 0. The Balaban J connectivity index is 0.00000125. The Kier molecular flexibility index (Phi) is 2.48. The summed E-state index contributed by atoms with van der Waals surface area (Å²) < 4.78 is 2.20. The van der Waals surface area contributed by atoms with Gasteiger partial charge in [0.2, 0.25) is 0 Å². The molecule has 5 heteroatoms. The summed E-state index contributed by atoms with van der Waals surface area (Å²) >= 11 is 0. The van der Waals surface area contributed by atoms with E-state index in [4.69, 9.17) is 0 Å². The third-order valence-electron chi connectivity index (χ3n) is 4.20. The lowest BCUT2D eigenvalue weighted by Gasteiger charge is -1.97. The van der Waals surface area contributed by atoms with Crippen LogP contribution < -0.4 is 0 Å². The number of aromatic amines is 1. The highest BCUT2D eigenvalue weighted by Gasteiger charge is 2.14. The first-order valence-electron chi connectivity index (χ1n) is 6.77. The Bertz CT molecular complexity index is 1150. The fourth-order valence-electron chi connectivity index (χ4n) is 3.24. The molecule has 5 aromatic rings. The minimum atomic E-state index is 0. The van der Waals surface area contributed by atoms with Gasteiger partial charge in [-0.15, -0.1) is 0 Å². The normalized spacial score (nSPS) is 11.5. The zero-order valence-corrected chi connectivity index (χ0v) is 11.3. The van der Waals surface area contributed by atoms with E-state index in [9.17, 15) is 0 Å². The van der Waals surface area contributed by atoms with Gasteiger partial charge in [-0.2, -0.15) is 0 Å². The number of nitrogens with one attached hydrogen (secondary N) is 1. The van der Waals surface area contributed by atoms with Crippen molar-refractivity contribution in [3.05, 3.63) is 43.1 Å². The molecule has 108 valence electrons. The number of aromatic nitrogens is 5. The SMILES string of the molecule is C.Cn1c2ccncc2c2c3[nH]c4cncnc4c3ccc21. The van der Waals surface area contributed by atoms with Gasteiger partial charge in [-0.1, -0.05) is 7.43 Å². The standard InChI is InChI=1S/C16H11N5.CH4/c1-21-12-4-5-17-6-10(12)14-13(21)3-2-9-15-11(20-16(9)14)7-18-8-19-15;/h2-8,20H,1H3;1H4. The molecule has 4 aromatic heterocycles. The van der Waals surface area contributed by atoms with E-state index in [1.165, 1.54) is 16.4 Å². The maximum absolute atomic E-state index is 4.40. The van der Waals surface area contributed by atoms with E-state index < -0.39 is 0 Å². The van der Waals surface area contributed by atoms with E-state index in [1.807, 2.05) is 24.7 Å². The maximum atomic E-state index is 4.40. The molecular formula is C17H15N5. The highest BCUT2D eigenvalue weighted by molar-refractivity contribution is 6.23. The van der Waals surface area contributed by atoms with Crippen molar-refractivity contribution < 1.29 is 0 Å². The van der Waals surface area contributed by atoms with E-state index in [2.05, 4.69) is 43.7 Å². The van der Waals surface area contributed by atoms with Crippen molar-refractivity contribution in [1.29, 1.82) is 0 Å². The first-order chi connectivity index (χ1) is 10.3. The van der Waals surface area contributed by atoms with Crippen molar-refractivity contribution in [2.75, 3.05) is 0 Å². The number of benzene rings is 1. The van der Waals surface area contributed by atoms with Crippen LogP contribution in [0.3, 0.4) is 0 Å². The van der Waals surface area contributed by atoms with Gasteiger partial charge in [0.25, 0.3) is 0 Å². The minimum absolute atomic E-state index is 0. The largest absolute Gasteiger partial charge is 0.351 e. The summed E-state index contributed by atoms with van der Waals surface area (Å²) in [6.07, 6.45) is 7.16. The Labute approximate surface area is 126 Å². The van der Waals surface area contributed by atoms with E-state index in [0.29, 0.717) is 0 Å². The molecule has 0 spiro atoms. The van der Waals surface area contributed by atoms with Crippen molar-refractivity contribution in [1.82, 2.24) is 24.5 Å². The topological polar surface area (TPSA) is 59.4 Å². The number of hydrogen-bond acceptors (Lipinski definition) is 3. The first kappa shape index (κ1) is 12.8. The zero-order valence-electron chi connectivity index (χ0n) is 11.3. The maximum Gasteiger partial charge on any atom is 0.116 e. The van der Waals surface area contributed by atoms with Crippen molar-refractivity contribution in [3.8, 4) is 0 Å². The third kappa shape index (κ3) is 1.40. The lowest BCUT2D eigenvalue weighted by Crippen LogP contribution is -1.85. The average molecular weight is 289 g/mol. The van der Waals surface area contributed by atoms with Gasteiger partial charge in [-0.3, -0.25) is 4.98 Å². The molecular weight excluding hydrogens is 274 g/mol. The van der Waals surface area contributed by atoms with Crippen LogP contribution in [0.1, 0.15) is 7.43 Å². The average Bonchev–Trinajstić information content (AvgIpc) is 3.04. The molecule has 5 rings (SSSR count). The van der Waals surface area contributed by atoms with E-state index in [0.717, 1.165) is 27.3 Å². The number of fused-ring (bicyclic) bond motifs is 7. The summed E-state index contributed by atoms with van der Waals surface area (Å²) in [4.78, 5) is 16.2. The van der Waals surface area contributed by atoms with Gasteiger partial charge in [0.15, 0.2) is 0 Å². The number of rotatable bonds is 0. The van der Waals surface area contributed by atoms with E-state index in [-0.39, 0.29) is 7.43 Å². The van der Waals surface area contributed by atoms with Crippen LogP contribution in [0.25, 0.3) is 43.7 Å². The van der Waals surface area contributed by atoms with Gasteiger partial charge >= 0.3 is 0 Å². The Morgan fingerprint density at radius 1 is 1.00 bits per heavy atom. The number of pyridine rings is 1. The molecule has 0 fully saturated rings. The summed E-state index contributed by atoms with van der Waals surface area (Å²) in [6, 6.07) is 6.31. The lowest BCUT2D eigenvalue weighted by molar-refractivity contribution is 1.01. The molecule has 0 radical (unpaired) electrons. The fourth-order valence-corrected chi connectivity index (χ4v) is 3.24. The van der Waals surface area contributed by atoms with Crippen molar-refractivity contribution >= 4 is 43.7 Å². The molecule has 0 aliphatic carbocycles. The Hall–Kier alpha value is -2.95. The van der Waals surface area contributed by atoms with E-state index in [1.54, 1.807) is 6.33 Å². The molecule has 0 saturated carbocycles. The second-order valence-corrected chi connectivity index (χ2v) is 5.24. The summed E-state index contributed by atoms with van der Waals surface area (Å²) in [5.74, 6) is 0. The molecule has 4 heterocycles. The second kappa shape index (κ2) is 4.27. The number of H-pyrrole nitrogens is 1. The van der Waals surface area contributed by atoms with Crippen LogP contribution in [0.5, 0.6) is 0 Å². The fraction of sp³-hybridized carbons (Fsp3) is 0.118. The van der Waals surface area contributed by atoms with Crippen LogP contribution in [-0.2, 0) is 7.05 Å². The minimum Gasteiger partial charge on any atom is -0.351 e. The molecule has 0 amide bonds. The van der Waals surface area contributed by atoms with Gasteiger partial charge in [0, 0.05) is 35.6 Å². The highest BCUT2D eigenvalue weighted by Crippen LogP contribution is 2.35. The Morgan fingerprint density at radius 3 is 2.82 bits per heavy atom. The number of aryl methyl sites for hydroxylation is 1. The van der Waals surface area contributed by atoms with Crippen molar-refractivity contribution in [3.63, 3.8) is 0 Å². The smallest absolute Gasteiger partial charge is 0.116 e. The predicted molar refractivity (Wildman–Crippen MR) is 89.9 cm³/mol. The van der Waals surface area contributed by atoms with Crippen molar-refractivity contribution in [2.24, 2.45) is 7.05 Å². The highest BCUT2D eigenvalue weighted by atomic mass is 14.9. The van der Waals surface area contributed by atoms with Crippen LogP contribution in [0.4, 0.5) is 0 Å². The predicted octanol–water partition coefficient (Wildman–Crippen LogP) is 3.79. The molecule has 0 saturated heterocycles. The van der Waals surface area contributed by atoms with Crippen LogP contribution in [0.15, 0.2) is 43.1 Å². The number of nitrogens with zero attached hydrogens (tertiary/aromatic N) is 4. The van der Waals surface area contributed by atoms with Crippen LogP contribution in [0, 0.1) is 0 Å². The summed E-state index contributed by atoms with van der Waals surface area (Å²) in [5.41, 5.74) is 5.38. The third-order valence-corrected chi connectivity index (χ3v) is 4.20. The quantitative estimate of drug-likeness (QED) is 0.472. The molecule has 0 aliphatic rings. The summed E-state index contributed by atoms with van der Waals surface area (Å²) in [5, 5.41) is 3.47. The van der Waals surface area contributed by atoms with Gasteiger partial charge in [-0.25, -0.2) is 9.97 Å². The Morgan fingerprint density at radius 2 is 1.91 bits per heavy atom. The van der Waals surface area contributed by atoms with E-state index >= 15 is 0 Å². The molecule has 0 bridgehead atoms. The van der Waals surface area contributed by atoms with Gasteiger partial charge in [-0.05, 0) is 18.2 Å².